The third-order valence-electron chi connectivity index (χ3n) is 4.18. The SMILES string of the molecule is CCC(NC(=O)N1CCN(c2ccccn2)CC1)c1nc(C)cs1. The molecule has 1 atom stereocenters. The summed E-state index contributed by atoms with van der Waals surface area (Å²) >= 11 is 1.61. The number of hydrogen-bond acceptors (Lipinski definition) is 5. The largest absolute Gasteiger partial charge is 0.353 e. The number of thiazole rings is 1. The maximum absolute atomic E-state index is 12.5. The molecule has 3 heterocycles. The third-order valence-corrected chi connectivity index (χ3v) is 5.26. The Morgan fingerprint density at radius 1 is 1.33 bits per heavy atom. The Morgan fingerprint density at radius 2 is 2.12 bits per heavy atom. The van der Waals surface area contributed by atoms with Crippen molar-refractivity contribution in [3.63, 3.8) is 0 Å². The van der Waals surface area contributed by atoms with E-state index in [1.54, 1.807) is 17.5 Å². The molecular formula is C17H23N5OS. The molecule has 3 rings (SSSR count). The van der Waals surface area contributed by atoms with Crippen molar-refractivity contribution < 1.29 is 4.79 Å². The highest BCUT2D eigenvalue weighted by Gasteiger charge is 2.24. The molecule has 1 fully saturated rings. The van der Waals surface area contributed by atoms with Gasteiger partial charge < -0.3 is 15.1 Å². The molecule has 2 amide bonds. The summed E-state index contributed by atoms with van der Waals surface area (Å²) in [7, 11) is 0. The molecule has 6 nitrogen and oxygen atoms in total. The molecule has 0 aliphatic carbocycles. The topological polar surface area (TPSA) is 61.4 Å². The first kappa shape index (κ1) is 16.7. The van der Waals surface area contributed by atoms with E-state index in [4.69, 9.17) is 0 Å². The predicted molar refractivity (Wildman–Crippen MR) is 96.4 cm³/mol. The van der Waals surface area contributed by atoms with Gasteiger partial charge in [0.1, 0.15) is 10.8 Å². The van der Waals surface area contributed by atoms with Crippen molar-refractivity contribution in [2.75, 3.05) is 31.1 Å². The second kappa shape index (κ2) is 7.61. The number of hydrogen-bond donors (Lipinski definition) is 1. The minimum absolute atomic E-state index is 0.00428. The van der Waals surface area contributed by atoms with Gasteiger partial charge in [0.25, 0.3) is 0 Å². The van der Waals surface area contributed by atoms with Crippen LogP contribution in [0.15, 0.2) is 29.8 Å². The van der Waals surface area contributed by atoms with Crippen LogP contribution in [0.25, 0.3) is 0 Å². The highest BCUT2D eigenvalue weighted by Crippen LogP contribution is 2.21. The van der Waals surface area contributed by atoms with Gasteiger partial charge in [0.05, 0.1) is 6.04 Å². The number of aryl methyl sites for hydroxylation is 1. The second-order valence-electron chi connectivity index (χ2n) is 5.90. The number of carbonyl (C=O) groups is 1. The predicted octanol–water partition coefficient (Wildman–Crippen LogP) is 2.83. The monoisotopic (exact) mass is 345 g/mol. The second-order valence-corrected chi connectivity index (χ2v) is 6.79. The number of amides is 2. The summed E-state index contributed by atoms with van der Waals surface area (Å²) in [5, 5.41) is 6.13. The molecule has 1 unspecified atom stereocenters. The molecule has 2 aromatic rings. The van der Waals surface area contributed by atoms with Crippen LogP contribution in [0.2, 0.25) is 0 Å². The van der Waals surface area contributed by atoms with Crippen LogP contribution in [-0.2, 0) is 0 Å². The van der Waals surface area contributed by atoms with Crippen LogP contribution < -0.4 is 10.2 Å². The number of nitrogens with zero attached hydrogens (tertiary/aromatic N) is 4. The summed E-state index contributed by atoms with van der Waals surface area (Å²) in [5.41, 5.74) is 1.01. The van der Waals surface area contributed by atoms with Gasteiger partial charge in [-0.05, 0) is 25.5 Å². The van der Waals surface area contributed by atoms with E-state index in [0.717, 1.165) is 36.0 Å². The lowest BCUT2D eigenvalue weighted by atomic mass is 10.2. The fourth-order valence-corrected chi connectivity index (χ4v) is 3.72. The molecule has 0 aromatic carbocycles. The Kier molecular flexibility index (Phi) is 5.30. The highest BCUT2D eigenvalue weighted by molar-refractivity contribution is 7.09. The first-order valence-corrected chi connectivity index (χ1v) is 9.18. The van der Waals surface area contributed by atoms with Crippen LogP contribution in [0, 0.1) is 6.92 Å². The maximum Gasteiger partial charge on any atom is 0.318 e. The molecule has 0 spiro atoms. The number of carbonyl (C=O) groups excluding carboxylic acids is 1. The average molecular weight is 345 g/mol. The Morgan fingerprint density at radius 3 is 2.71 bits per heavy atom. The number of pyridine rings is 1. The zero-order valence-corrected chi connectivity index (χ0v) is 14.9. The van der Waals surface area contributed by atoms with Crippen molar-refractivity contribution in [1.82, 2.24) is 20.2 Å². The molecule has 7 heteroatoms. The van der Waals surface area contributed by atoms with Crippen LogP contribution in [0.1, 0.15) is 30.1 Å². The fourth-order valence-electron chi connectivity index (χ4n) is 2.79. The Hall–Kier alpha value is -2.15. The van der Waals surface area contributed by atoms with E-state index < -0.39 is 0 Å². The van der Waals surface area contributed by atoms with E-state index in [-0.39, 0.29) is 12.1 Å². The van der Waals surface area contributed by atoms with Crippen LogP contribution in [0.5, 0.6) is 0 Å². The van der Waals surface area contributed by atoms with E-state index in [1.165, 1.54) is 0 Å². The number of urea groups is 1. The molecule has 1 aliphatic rings. The van der Waals surface area contributed by atoms with Gasteiger partial charge in [0.2, 0.25) is 0 Å². The molecule has 128 valence electrons. The van der Waals surface area contributed by atoms with Crippen molar-refractivity contribution in [3.05, 3.63) is 40.5 Å². The van der Waals surface area contributed by atoms with Crippen molar-refractivity contribution in [3.8, 4) is 0 Å². The third kappa shape index (κ3) is 3.84. The molecule has 1 aliphatic heterocycles. The molecular weight excluding hydrogens is 322 g/mol. The van der Waals surface area contributed by atoms with E-state index >= 15 is 0 Å². The standard InChI is InChI=1S/C17H23N5OS/c1-3-14(16-19-13(2)12-24-16)20-17(23)22-10-8-21(9-11-22)15-6-4-5-7-18-15/h4-7,12,14H,3,8-11H2,1-2H3,(H,20,23). The summed E-state index contributed by atoms with van der Waals surface area (Å²) in [5.74, 6) is 0.974. The van der Waals surface area contributed by atoms with Gasteiger partial charge in [-0.1, -0.05) is 13.0 Å². The summed E-state index contributed by atoms with van der Waals surface area (Å²) in [6.45, 7) is 7.06. The molecule has 1 N–H and O–H groups in total. The van der Waals surface area contributed by atoms with Gasteiger partial charge >= 0.3 is 6.03 Å². The summed E-state index contributed by atoms with van der Waals surface area (Å²) in [4.78, 5) is 25.5. The number of rotatable bonds is 4. The lowest BCUT2D eigenvalue weighted by Gasteiger charge is -2.35. The van der Waals surface area contributed by atoms with Crippen molar-refractivity contribution >= 4 is 23.2 Å². The lowest BCUT2D eigenvalue weighted by molar-refractivity contribution is 0.189. The molecule has 1 saturated heterocycles. The average Bonchev–Trinajstić information content (AvgIpc) is 3.06. The van der Waals surface area contributed by atoms with Gasteiger partial charge in [-0.3, -0.25) is 0 Å². The zero-order valence-electron chi connectivity index (χ0n) is 14.1. The first-order chi connectivity index (χ1) is 11.7. The van der Waals surface area contributed by atoms with Gasteiger partial charge in [0, 0.05) is 43.4 Å². The van der Waals surface area contributed by atoms with E-state index in [1.807, 2.05) is 35.4 Å². The molecule has 0 saturated carbocycles. The molecule has 0 bridgehead atoms. The number of aromatic nitrogens is 2. The van der Waals surface area contributed by atoms with Crippen molar-refractivity contribution in [2.45, 2.75) is 26.3 Å². The van der Waals surface area contributed by atoms with Crippen LogP contribution >= 0.6 is 11.3 Å². The van der Waals surface area contributed by atoms with Crippen LogP contribution in [0.3, 0.4) is 0 Å². The highest BCUT2D eigenvalue weighted by atomic mass is 32.1. The number of nitrogens with one attached hydrogen (secondary N) is 1. The normalized spacial score (nSPS) is 16.1. The molecule has 24 heavy (non-hydrogen) atoms. The van der Waals surface area contributed by atoms with E-state index in [2.05, 4.69) is 27.1 Å². The number of piperazine rings is 1. The quantitative estimate of drug-likeness (QED) is 0.926. The van der Waals surface area contributed by atoms with Gasteiger partial charge in [0.15, 0.2) is 0 Å². The minimum Gasteiger partial charge on any atom is -0.353 e. The van der Waals surface area contributed by atoms with Gasteiger partial charge in [-0.25, -0.2) is 14.8 Å². The summed E-state index contributed by atoms with van der Waals surface area (Å²) < 4.78 is 0. The van der Waals surface area contributed by atoms with Crippen molar-refractivity contribution in [1.29, 1.82) is 0 Å². The van der Waals surface area contributed by atoms with Crippen LogP contribution in [-0.4, -0.2) is 47.1 Å². The Bertz CT molecular complexity index is 667. The maximum atomic E-state index is 12.5. The molecule has 2 aromatic heterocycles. The first-order valence-electron chi connectivity index (χ1n) is 8.31. The minimum atomic E-state index is -0.00924. The smallest absolute Gasteiger partial charge is 0.318 e. The summed E-state index contributed by atoms with van der Waals surface area (Å²) in [6.07, 6.45) is 2.64. The lowest BCUT2D eigenvalue weighted by Crippen LogP contribution is -2.52. The van der Waals surface area contributed by atoms with Gasteiger partial charge in [-0.2, -0.15) is 0 Å². The molecule has 0 radical (unpaired) electrons. The Balaban J connectivity index is 1.55. The Labute approximate surface area is 146 Å². The van der Waals surface area contributed by atoms with Crippen molar-refractivity contribution in [2.24, 2.45) is 0 Å². The zero-order chi connectivity index (χ0) is 16.9. The van der Waals surface area contributed by atoms with Crippen LogP contribution in [0.4, 0.5) is 10.6 Å². The summed E-state index contributed by atoms with van der Waals surface area (Å²) in [6, 6.07) is 5.90. The van der Waals surface area contributed by atoms with E-state index in [9.17, 15) is 4.79 Å². The fraction of sp³-hybridized carbons (Fsp3) is 0.471. The van der Waals surface area contributed by atoms with Gasteiger partial charge in [-0.15, -0.1) is 11.3 Å². The van der Waals surface area contributed by atoms with E-state index in [0.29, 0.717) is 13.1 Å². The number of anilines is 1.